The Morgan fingerprint density at radius 3 is 1.88 bits per heavy atom. The zero-order chi connectivity index (χ0) is 55.6. The molecule has 0 aliphatic carbocycles. The van der Waals surface area contributed by atoms with Gasteiger partial charge in [0.05, 0.1) is 38.5 Å². The molecule has 12 unspecified atom stereocenters. The number of rotatable bonds is 22. The van der Waals surface area contributed by atoms with Gasteiger partial charge in [0.15, 0.2) is 12.6 Å². The highest BCUT2D eigenvalue weighted by molar-refractivity contribution is 5.98. The highest BCUT2D eigenvalue weighted by Crippen LogP contribution is 2.31. The van der Waals surface area contributed by atoms with Crippen LogP contribution in [0.15, 0.2) is 0 Å². The smallest absolute Gasteiger partial charge is 0.246 e. The third-order valence-electron chi connectivity index (χ3n) is 14.0. The van der Waals surface area contributed by atoms with Crippen molar-refractivity contribution < 1.29 is 97.8 Å². The van der Waals surface area contributed by atoms with Gasteiger partial charge >= 0.3 is 0 Å². The topological polar surface area (TPSA) is 440 Å². The number of hydrogen-bond acceptors (Lipinski definition) is 21. The van der Waals surface area contributed by atoms with Gasteiger partial charge in [0, 0.05) is 20.0 Å². The maximum Gasteiger partial charge on any atom is 0.246 e. The molecular formula is C45H74N10O20. The monoisotopic (exact) mass is 1070 g/mol. The lowest BCUT2D eigenvalue weighted by Crippen LogP contribution is -2.69. The molecule has 15 N–H and O–H groups in total. The molecule has 424 valence electrons. The molecule has 0 aromatic rings. The molecule has 18 atom stereocenters. The summed E-state index contributed by atoms with van der Waals surface area (Å²) >= 11 is 0. The van der Waals surface area contributed by atoms with Gasteiger partial charge in [-0.3, -0.25) is 48.1 Å². The molecule has 0 spiro atoms. The van der Waals surface area contributed by atoms with E-state index in [1.54, 1.807) is 7.05 Å². The number of nitrogens with two attached hydrogens (primary N) is 1. The summed E-state index contributed by atoms with van der Waals surface area (Å²) in [6.07, 6.45) is -15.2. The molecule has 5 aliphatic heterocycles. The second-order valence-electron chi connectivity index (χ2n) is 19.5. The molecular weight excluding hydrogens is 1000 g/mol. The highest BCUT2D eigenvalue weighted by Gasteiger charge is 2.53. The van der Waals surface area contributed by atoms with Crippen molar-refractivity contribution in [1.29, 1.82) is 0 Å². The SMILES string of the molecule is CC(=O)NC1[C@@H](OC(C)C(NC(=O)C(CO)NC(=O)CNC(=O)C2CCCN2C)C(=O)NC(C)C(=O)N2CCCC2C(=O)N2CCCC2C(=O)NC(C)C(N)=O)OC(CO)[C@H](O)[C@@H]1O[C@@H]1OC(CO)[C@H](O)[C@H](O)C1O. The quantitative estimate of drug-likeness (QED) is 0.0479. The summed E-state index contributed by atoms with van der Waals surface area (Å²) < 4.78 is 23.4. The van der Waals surface area contributed by atoms with Crippen LogP contribution in [0.25, 0.3) is 0 Å². The molecule has 9 amide bonds. The van der Waals surface area contributed by atoms with Crippen molar-refractivity contribution in [2.75, 3.05) is 53.0 Å². The molecule has 0 radical (unpaired) electrons. The van der Waals surface area contributed by atoms with Crippen LogP contribution in [0, 0.1) is 0 Å². The summed E-state index contributed by atoms with van der Waals surface area (Å²) in [5, 5.41) is 87.9. The average Bonchev–Trinajstić information content (AvgIpc) is 4.17. The number of carbonyl (C=O) groups excluding carboxylic acids is 9. The van der Waals surface area contributed by atoms with Crippen molar-refractivity contribution in [1.82, 2.24) is 46.6 Å². The van der Waals surface area contributed by atoms with Crippen LogP contribution in [0.4, 0.5) is 0 Å². The zero-order valence-corrected chi connectivity index (χ0v) is 42.4. The Hall–Kier alpha value is -5.25. The number of nitrogens with one attached hydrogen (secondary N) is 6. The van der Waals surface area contributed by atoms with Gasteiger partial charge in [-0.05, 0) is 72.9 Å². The number of aliphatic hydroxyl groups excluding tert-OH is 7. The zero-order valence-electron chi connectivity index (χ0n) is 42.4. The molecule has 5 saturated heterocycles. The van der Waals surface area contributed by atoms with Crippen LogP contribution in [0.1, 0.15) is 66.2 Å². The van der Waals surface area contributed by atoms with Gasteiger partial charge in [0.25, 0.3) is 0 Å². The van der Waals surface area contributed by atoms with Gasteiger partial charge in [-0.25, -0.2) is 0 Å². The van der Waals surface area contributed by atoms with Gasteiger partial charge in [-0.1, -0.05) is 0 Å². The van der Waals surface area contributed by atoms with E-state index in [9.17, 15) is 78.9 Å². The molecule has 30 heteroatoms. The van der Waals surface area contributed by atoms with E-state index < -0.39 is 189 Å². The van der Waals surface area contributed by atoms with E-state index in [1.165, 1.54) is 30.6 Å². The fourth-order valence-corrected chi connectivity index (χ4v) is 9.75. The first-order valence-electron chi connectivity index (χ1n) is 25.0. The molecule has 5 aliphatic rings. The first-order valence-corrected chi connectivity index (χ1v) is 25.0. The lowest BCUT2D eigenvalue weighted by molar-refractivity contribution is -0.347. The lowest BCUT2D eigenvalue weighted by atomic mass is 9.95. The van der Waals surface area contributed by atoms with Crippen LogP contribution in [-0.2, 0) is 62.1 Å². The average molecular weight is 1080 g/mol. The number of nitrogens with zero attached hydrogens (tertiary/aromatic N) is 3. The number of primary amides is 1. The Morgan fingerprint density at radius 2 is 1.28 bits per heavy atom. The van der Waals surface area contributed by atoms with E-state index in [-0.39, 0.29) is 25.9 Å². The first-order chi connectivity index (χ1) is 35.4. The standard InChI is InChI=1S/C45H74N10O20/c1-19(37(46)65)48-40(68)25-10-7-13-54(25)43(71)26-11-8-14-55(26)42(70)20(2)49-41(69)30(52-38(66)23(16-56)51-29(60)15-47-39(67)24-9-6-12-53(24)5)21(3)72-44-31(50-22(4)59)36(33(62)28(18-58)73-44)75-45-35(64)34(63)32(61)27(17-57)74-45/h19-21,23-28,30-36,44-45,56-58,61-64H,6-18H2,1-5H3,(H2,46,65)(H,47,67)(H,48,68)(H,49,69)(H,50,59)(H,51,60)(H,52,66)/t19?,20?,21?,23?,24?,25?,26?,27?,28?,30?,31?,32-,33-,34-,35?,36+,44-,45-/m0/s1. The van der Waals surface area contributed by atoms with Crippen molar-refractivity contribution >= 4 is 53.2 Å². The Labute approximate surface area is 431 Å². The van der Waals surface area contributed by atoms with Crippen LogP contribution in [-0.4, -0.2) is 266 Å². The largest absolute Gasteiger partial charge is 0.394 e. The normalized spacial score (nSPS) is 32.0. The predicted octanol–water partition coefficient (Wildman–Crippen LogP) is -9.19. The number of ether oxygens (including phenoxy) is 4. The maximum atomic E-state index is 14.5. The van der Waals surface area contributed by atoms with Crippen molar-refractivity contribution in [2.45, 2.75) is 176 Å². The minimum atomic E-state index is -2.00. The number of likely N-dealkylation sites (tertiary alicyclic amines) is 3. The second-order valence-corrected chi connectivity index (χ2v) is 19.5. The number of likely N-dealkylation sites (N-methyl/N-ethyl adjacent to an activating group) is 1. The minimum Gasteiger partial charge on any atom is -0.394 e. The Balaban J connectivity index is 1.38. The van der Waals surface area contributed by atoms with E-state index in [1.807, 2.05) is 4.90 Å². The molecule has 0 saturated carbocycles. The van der Waals surface area contributed by atoms with E-state index in [0.717, 1.165) is 13.3 Å². The van der Waals surface area contributed by atoms with Crippen LogP contribution in [0.3, 0.4) is 0 Å². The summed E-state index contributed by atoms with van der Waals surface area (Å²) in [7, 11) is 1.75. The maximum absolute atomic E-state index is 14.5. The fourth-order valence-electron chi connectivity index (χ4n) is 9.75. The molecule has 30 nitrogen and oxygen atoms in total. The molecule has 0 aromatic carbocycles. The summed E-state index contributed by atoms with van der Waals surface area (Å²) in [6.45, 7) is 2.46. The number of aliphatic hydroxyl groups is 7. The van der Waals surface area contributed by atoms with Crippen molar-refractivity contribution in [2.24, 2.45) is 5.73 Å². The van der Waals surface area contributed by atoms with Gasteiger partial charge in [0.2, 0.25) is 53.2 Å². The van der Waals surface area contributed by atoms with Gasteiger partial charge in [0.1, 0.15) is 85.0 Å². The Morgan fingerprint density at radius 1 is 0.680 bits per heavy atom. The van der Waals surface area contributed by atoms with Crippen LogP contribution in [0.2, 0.25) is 0 Å². The Bertz CT molecular complexity index is 2060. The van der Waals surface area contributed by atoms with Crippen molar-refractivity contribution in [3.63, 3.8) is 0 Å². The van der Waals surface area contributed by atoms with E-state index in [4.69, 9.17) is 24.7 Å². The number of amides is 9. The third-order valence-corrected chi connectivity index (χ3v) is 14.0. The van der Waals surface area contributed by atoms with Gasteiger partial charge in [-0.15, -0.1) is 0 Å². The summed E-state index contributed by atoms with van der Waals surface area (Å²) in [5.41, 5.74) is 5.31. The van der Waals surface area contributed by atoms with E-state index in [0.29, 0.717) is 25.8 Å². The molecule has 5 heterocycles. The highest BCUT2D eigenvalue weighted by atomic mass is 16.7. The molecule has 75 heavy (non-hydrogen) atoms. The van der Waals surface area contributed by atoms with Gasteiger partial charge in [-0.2, -0.15) is 0 Å². The number of carbonyl (C=O) groups is 9. The molecule has 0 aromatic heterocycles. The van der Waals surface area contributed by atoms with Crippen molar-refractivity contribution in [3.05, 3.63) is 0 Å². The van der Waals surface area contributed by atoms with Crippen LogP contribution in [0.5, 0.6) is 0 Å². The lowest BCUT2D eigenvalue weighted by Gasteiger charge is -2.48. The van der Waals surface area contributed by atoms with E-state index in [2.05, 4.69) is 31.9 Å². The van der Waals surface area contributed by atoms with Crippen molar-refractivity contribution in [3.8, 4) is 0 Å². The van der Waals surface area contributed by atoms with E-state index >= 15 is 0 Å². The Kier molecular flexibility index (Phi) is 22.0. The second kappa shape index (κ2) is 27.2. The predicted molar refractivity (Wildman–Crippen MR) is 252 cm³/mol. The van der Waals surface area contributed by atoms with Crippen LogP contribution >= 0.6 is 0 Å². The molecule has 0 bridgehead atoms. The van der Waals surface area contributed by atoms with Gasteiger partial charge < -0.3 is 102 Å². The minimum absolute atomic E-state index is 0.0715. The molecule has 5 fully saturated rings. The third kappa shape index (κ3) is 14.8. The summed E-state index contributed by atoms with van der Waals surface area (Å²) in [4.78, 5) is 124. The first kappa shape index (κ1) is 60.6. The summed E-state index contributed by atoms with van der Waals surface area (Å²) in [5.74, 6) is -7.11. The summed E-state index contributed by atoms with van der Waals surface area (Å²) in [6, 6.07) is -10.3. The number of hydrogen-bond donors (Lipinski definition) is 14. The fraction of sp³-hybridized carbons (Fsp3) is 0.800. The molecule has 5 rings (SSSR count). The van der Waals surface area contributed by atoms with Crippen LogP contribution < -0.4 is 37.6 Å².